The van der Waals surface area contributed by atoms with Gasteiger partial charge >= 0.3 is 0 Å². The quantitative estimate of drug-likeness (QED) is 0.589. The molecule has 156 valence electrons. The monoisotopic (exact) mass is 425 g/mol. The molecule has 0 saturated carbocycles. The number of aryl methyl sites for hydroxylation is 1. The summed E-state index contributed by atoms with van der Waals surface area (Å²) in [6.07, 6.45) is 2.57. The summed E-state index contributed by atoms with van der Waals surface area (Å²) < 4.78 is 11.1. The van der Waals surface area contributed by atoms with E-state index in [1.807, 2.05) is 47.4 Å². The van der Waals surface area contributed by atoms with E-state index in [9.17, 15) is 4.79 Å². The summed E-state index contributed by atoms with van der Waals surface area (Å²) in [5, 5.41) is 0.676. The summed E-state index contributed by atoms with van der Waals surface area (Å²) >= 11 is 5.92. The van der Waals surface area contributed by atoms with Gasteiger partial charge < -0.3 is 19.0 Å². The second-order valence-electron chi connectivity index (χ2n) is 7.19. The lowest BCUT2D eigenvalue weighted by atomic mass is 10.2. The van der Waals surface area contributed by atoms with E-state index in [0.29, 0.717) is 42.6 Å². The van der Waals surface area contributed by atoms with E-state index in [1.54, 1.807) is 13.3 Å². The Hall–Kier alpha value is -2.99. The van der Waals surface area contributed by atoms with Crippen molar-refractivity contribution < 1.29 is 13.9 Å². The number of oxazole rings is 1. The van der Waals surface area contributed by atoms with Crippen LogP contribution in [0.5, 0.6) is 5.75 Å². The number of rotatable bonds is 6. The van der Waals surface area contributed by atoms with Gasteiger partial charge in [0.25, 0.3) is 0 Å². The minimum atomic E-state index is 0.131. The Labute approximate surface area is 181 Å². The zero-order chi connectivity index (χ0) is 20.9. The first-order chi connectivity index (χ1) is 14.6. The largest absolute Gasteiger partial charge is 0.497 e. The highest BCUT2D eigenvalue weighted by Crippen LogP contribution is 2.24. The van der Waals surface area contributed by atoms with Crippen LogP contribution < -0.4 is 9.64 Å². The fourth-order valence-electron chi connectivity index (χ4n) is 3.57. The van der Waals surface area contributed by atoms with Crippen LogP contribution >= 0.6 is 11.6 Å². The summed E-state index contributed by atoms with van der Waals surface area (Å²) in [6.45, 7) is 3.02. The molecule has 0 bridgehead atoms. The topological polar surface area (TPSA) is 58.8 Å². The zero-order valence-electron chi connectivity index (χ0n) is 16.9. The molecule has 6 nitrogen and oxygen atoms in total. The van der Waals surface area contributed by atoms with Crippen molar-refractivity contribution in [3.8, 4) is 17.1 Å². The molecule has 1 saturated heterocycles. The fourth-order valence-corrected chi connectivity index (χ4v) is 3.69. The second-order valence-corrected chi connectivity index (χ2v) is 7.63. The van der Waals surface area contributed by atoms with Crippen LogP contribution in [0.2, 0.25) is 5.02 Å². The van der Waals surface area contributed by atoms with Gasteiger partial charge in [0.15, 0.2) is 11.7 Å². The number of halogens is 1. The first-order valence-electron chi connectivity index (χ1n) is 10.00. The number of nitrogens with zero attached hydrogens (tertiary/aromatic N) is 3. The number of hydrogen-bond acceptors (Lipinski definition) is 5. The molecule has 1 amide bonds. The van der Waals surface area contributed by atoms with Crippen molar-refractivity contribution in [1.29, 1.82) is 0 Å². The third-order valence-corrected chi connectivity index (χ3v) is 5.54. The number of aromatic nitrogens is 1. The third kappa shape index (κ3) is 4.76. The SMILES string of the molecule is COc1cccc(N2CCN(C(=O)CCc3ncc(-c4ccc(Cl)cc4)o3)CC2)c1. The number of carbonyl (C=O) groups excluding carboxylic acids is 1. The molecule has 0 aliphatic carbocycles. The molecular weight excluding hydrogens is 402 g/mol. The number of anilines is 1. The van der Waals surface area contributed by atoms with Crippen LogP contribution in [0.25, 0.3) is 11.3 Å². The second kappa shape index (κ2) is 9.22. The third-order valence-electron chi connectivity index (χ3n) is 5.29. The van der Waals surface area contributed by atoms with E-state index in [-0.39, 0.29) is 5.91 Å². The Kier molecular flexibility index (Phi) is 6.23. The van der Waals surface area contributed by atoms with Gasteiger partial charge in [-0.1, -0.05) is 17.7 Å². The molecule has 0 radical (unpaired) electrons. The van der Waals surface area contributed by atoms with Gasteiger partial charge in [-0.15, -0.1) is 0 Å². The predicted molar refractivity (Wildman–Crippen MR) is 117 cm³/mol. The Morgan fingerprint density at radius 2 is 1.90 bits per heavy atom. The maximum atomic E-state index is 12.6. The van der Waals surface area contributed by atoms with Crippen molar-refractivity contribution in [2.45, 2.75) is 12.8 Å². The Morgan fingerprint density at radius 3 is 2.63 bits per heavy atom. The van der Waals surface area contributed by atoms with E-state index in [1.165, 1.54) is 0 Å². The predicted octanol–water partition coefficient (Wildman–Crippen LogP) is 4.29. The normalized spacial score (nSPS) is 14.1. The summed E-state index contributed by atoms with van der Waals surface area (Å²) in [7, 11) is 1.67. The molecule has 1 aromatic heterocycles. The van der Waals surface area contributed by atoms with Crippen LogP contribution in [0, 0.1) is 0 Å². The first-order valence-corrected chi connectivity index (χ1v) is 10.4. The van der Waals surface area contributed by atoms with Gasteiger partial charge in [-0.3, -0.25) is 4.79 Å². The minimum absolute atomic E-state index is 0.131. The number of methoxy groups -OCH3 is 1. The molecule has 7 heteroatoms. The van der Waals surface area contributed by atoms with E-state index < -0.39 is 0 Å². The summed E-state index contributed by atoms with van der Waals surface area (Å²) in [6, 6.07) is 15.4. The van der Waals surface area contributed by atoms with Crippen molar-refractivity contribution >= 4 is 23.2 Å². The van der Waals surface area contributed by atoms with Crippen LogP contribution in [-0.2, 0) is 11.2 Å². The van der Waals surface area contributed by atoms with Crippen LogP contribution in [0.1, 0.15) is 12.3 Å². The molecule has 3 aromatic rings. The number of benzene rings is 2. The lowest BCUT2D eigenvalue weighted by Crippen LogP contribution is -2.48. The number of piperazine rings is 1. The standard InChI is InChI=1S/C23H24ClN3O3/c1-29-20-4-2-3-19(15-20)26-11-13-27(14-12-26)23(28)10-9-22-25-16-21(30-22)17-5-7-18(24)8-6-17/h2-8,15-16H,9-14H2,1H3. The summed E-state index contributed by atoms with van der Waals surface area (Å²) in [5.41, 5.74) is 2.04. The molecule has 1 fully saturated rings. The van der Waals surface area contributed by atoms with Crippen molar-refractivity contribution in [3.05, 3.63) is 65.6 Å². The van der Waals surface area contributed by atoms with Gasteiger partial charge in [0.05, 0.1) is 13.3 Å². The van der Waals surface area contributed by atoms with Crippen LogP contribution in [0.3, 0.4) is 0 Å². The fraction of sp³-hybridized carbons (Fsp3) is 0.304. The average molecular weight is 426 g/mol. The molecule has 0 N–H and O–H groups in total. The minimum Gasteiger partial charge on any atom is -0.497 e. The van der Waals surface area contributed by atoms with Crippen molar-refractivity contribution in [1.82, 2.24) is 9.88 Å². The van der Waals surface area contributed by atoms with E-state index in [4.69, 9.17) is 20.8 Å². The molecule has 0 atom stereocenters. The lowest BCUT2D eigenvalue weighted by Gasteiger charge is -2.36. The lowest BCUT2D eigenvalue weighted by molar-refractivity contribution is -0.131. The Morgan fingerprint density at radius 1 is 1.13 bits per heavy atom. The Bertz CT molecular complexity index is 995. The molecule has 4 rings (SSSR count). The maximum absolute atomic E-state index is 12.6. The van der Waals surface area contributed by atoms with Gasteiger partial charge in [0.1, 0.15) is 5.75 Å². The first kappa shape index (κ1) is 20.3. The molecule has 30 heavy (non-hydrogen) atoms. The van der Waals surface area contributed by atoms with Crippen molar-refractivity contribution in [2.75, 3.05) is 38.2 Å². The highest BCUT2D eigenvalue weighted by molar-refractivity contribution is 6.30. The highest BCUT2D eigenvalue weighted by atomic mass is 35.5. The van der Waals surface area contributed by atoms with Gasteiger partial charge in [-0.25, -0.2) is 4.98 Å². The zero-order valence-corrected chi connectivity index (χ0v) is 17.6. The van der Waals surface area contributed by atoms with Crippen LogP contribution in [0.4, 0.5) is 5.69 Å². The molecule has 1 aliphatic rings. The van der Waals surface area contributed by atoms with Gasteiger partial charge in [0.2, 0.25) is 5.91 Å². The van der Waals surface area contributed by atoms with E-state index in [2.05, 4.69) is 16.0 Å². The molecule has 2 heterocycles. The molecule has 1 aliphatic heterocycles. The van der Waals surface area contributed by atoms with E-state index >= 15 is 0 Å². The average Bonchev–Trinajstić information content (AvgIpc) is 3.27. The van der Waals surface area contributed by atoms with E-state index in [0.717, 1.165) is 30.1 Å². The van der Waals surface area contributed by atoms with Crippen LogP contribution in [-0.4, -0.2) is 49.1 Å². The molecule has 2 aromatic carbocycles. The maximum Gasteiger partial charge on any atom is 0.223 e. The molecule has 0 spiro atoms. The smallest absolute Gasteiger partial charge is 0.223 e. The van der Waals surface area contributed by atoms with Crippen LogP contribution in [0.15, 0.2) is 59.1 Å². The number of ether oxygens (including phenoxy) is 1. The molecular formula is C23H24ClN3O3. The van der Waals surface area contributed by atoms with Crippen molar-refractivity contribution in [3.63, 3.8) is 0 Å². The highest BCUT2D eigenvalue weighted by Gasteiger charge is 2.22. The summed E-state index contributed by atoms with van der Waals surface area (Å²) in [4.78, 5) is 21.1. The van der Waals surface area contributed by atoms with Gasteiger partial charge in [-0.05, 0) is 36.4 Å². The van der Waals surface area contributed by atoms with Gasteiger partial charge in [-0.2, -0.15) is 0 Å². The van der Waals surface area contributed by atoms with Crippen molar-refractivity contribution in [2.24, 2.45) is 0 Å². The van der Waals surface area contributed by atoms with Gasteiger partial charge in [0, 0.05) is 61.4 Å². The molecule has 0 unspecified atom stereocenters. The Balaban J connectivity index is 1.28. The summed E-state index contributed by atoms with van der Waals surface area (Å²) in [5.74, 6) is 2.23. The number of hydrogen-bond donors (Lipinski definition) is 0. The number of carbonyl (C=O) groups is 1. The number of amides is 1.